The molecule has 7 heteroatoms. The second-order valence-corrected chi connectivity index (χ2v) is 7.45. The van der Waals surface area contributed by atoms with Crippen molar-refractivity contribution in [3.05, 3.63) is 50.6 Å². The Hall–Kier alpha value is -0.990. The predicted octanol–water partition coefficient (Wildman–Crippen LogP) is 3.64. The number of benzene rings is 2. The number of nitrogens with one attached hydrogen (secondary N) is 1. The molecule has 0 spiro atoms. The minimum absolute atomic E-state index is 0.0853. The van der Waals surface area contributed by atoms with Crippen molar-refractivity contribution in [2.75, 3.05) is 10.5 Å². The maximum absolute atomic E-state index is 12.5. The topological polar surface area (TPSA) is 72.2 Å². The van der Waals surface area contributed by atoms with E-state index in [1.54, 1.807) is 19.1 Å². The van der Waals surface area contributed by atoms with E-state index in [2.05, 4.69) is 27.3 Å². The molecule has 2 aromatic carbocycles. The summed E-state index contributed by atoms with van der Waals surface area (Å²) in [6, 6.07) is 10.0. The Morgan fingerprint density at radius 2 is 1.90 bits per heavy atom. The van der Waals surface area contributed by atoms with Crippen LogP contribution in [0.1, 0.15) is 5.56 Å². The van der Waals surface area contributed by atoms with Gasteiger partial charge in [-0.3, -0.25) is 4.72 Å². The van der Waals surface area contributed by atoms with Gasteiger partial charge in [0.05, 0.1) is 10.6 Å². The van der Waals surface area contributed by atoms with Gasteiger partial charge in [-0.2, -0.15) is 0 Å². The van der Waals surface area contributed by atoms with Crippen molar-refractivity contribution in [2.45, 2.75) is 11.8 Å². The zero-order valence-corrected chi connectivity index (χ0v) is 14.3. The van der Waals surface area contributed by atoms with E-state index in [9.17, 15) is 8.42 Å². The van der Waals surface area contributed by atoms with E-state index in [-0.39, 0.29) is 9.92 Å². The van der Waals surface area contributed by atoms with Crippen LogP contribution in [0, 0.1) is 10.5 Å². The highest BCUT2D eigenvalue weighted by atomic mass is 127. The lowest BCUT2D eigenvalue weighted by Crippen LogP contribution is -2.15. The summed E-state index contributed by atoms with van der Waals surface area (Å²) in [6.07, 6.45) is 0. The Labute approximate surface area is 136 Å². The summed E-state index contributed by atoms with van der Waals surface area (Å²) < 4.78 is 28.3. The first-order valence-corrected chi connectivity index (χ1v) is 8.58. The molecule has 0 bridgehead atoms. The van der Waals surface area contributed by atoms with Crippen LogP contribution in [0.25, 0.3) is 0 Å². The fourth-order valence-electron chi connectivity index (χ4n) is 1.70. The molecule has 0 amide bonds. The number of hydrogen-bond donors (Lipinski definition) is 2. The largest absolute Gasteiger partial charge is 0.398 e. The minimum atomic E-state index is -3.73. The molecule has 2 rings (SSSR count). The van der Waals surface area contributed by atoms with Crippen LogP contribution in [-0.4, -0.2) is 8.42 Å². The van der Waals surface area contributed by atoms with Gasteiger partial charge in [0.15, 0.2) is 0 Å². The quantitative estimate of drug-likeness (QED) is 0.586. The fraction of sp³-hybridized carbons (Fsp3) is 0.0769. The van der Waals surface area contributed by atoms with Crippen LogP contribution in [0.3, 0.4) is 0 Å². The van der Waals surface area contributed by atoms with E-state index in [0.717, 1.165) is 3.57 Å². The zero-order chi connectivity index (χ0) is 14.9. The summed E-state index contributed by atoms with van der Waals surface area (Å²) in [4.78, 5) is 0.0853. The third-order valence-corrected chi connectivity index (χ3v) is 5.42. The minimum Gasteiger partial charge on any atom is -0.398 e. The molecule has 2 aromatic rings. The summed E-state index contributed by atoms with van der Waals surface area (Å²) in [6.45, 7) is 1.65. The molecule has 3 N–H and O–H groups in total. The van der Waals surface area contributed by atoms with Crippen molar-refractivity contribution in [1.29, 1.82) is 0 Å². The first-order valence-electron chi connectivity index (χ1n) is 5.64. The zero-order valence-electron chi connectivity index (χ0n) is 10.5. The normalized spacial score (nSPS) is 11.3. The number of nitrogen functional groups attached to an aromatic ring is 1. The summed E-state index contributed by atoms with van der Waals surface area (Å²) in [5.41, 5.74) is 7.11. The summed E-state index contributed by atoms with van der Waals surface area (Å²) >= 11 is 7.95. The molecular weight excluding hydrogens is 411 g/mol. The fourth-order valence-corrected chi connectivity index (χ4v) is 4.07. The summed E-state index contributed by atoms with van der Waals surface area (Å²) in [7, 11) is -3.73. The molecule has 0 fully saturated rings. The number of rotatable bonds is 3. The lowest BCUT2D eigenvalue weighted by molar-refractivity contribution is 0.600. The second kappa shape index (κ2) is 5.79. The molecule has 0 aliphatic heterocycles. The summed E-state index contributed by atoms with van der Waals surface area (Å²) in [5.74, 6) is 0. The molecule has 0 saturated carbocycles. The third-order valence-electron chi connectivity index (χ3n) is 2.77. The molecule has 0 atom stereocenters. The number of nitrogens with two attached hydrogens (primary N) is 1. The van der Waals surface area contributed by atoms with E-state index in [4.69, 9.17) is 17.3 Å². The Kier molecular flexibility index (Phi) is 4.46. The highest BCUT2D eigenvalue weighted by molar-refractivity contribution is 14.1. The summed E-state index contributed by atoms with van der Waals surface area (Å²) in [5, 5.41) is 0.288. The average molecular weight is 423 g/mol. The molecule has 0 aliphatic rings. The van der Waals surface area contributed by atoms with E-state index in [1.807, 2.05) is 12.1 Å². The molecule has 20 heavy (non-hydrogen) atoms. The van der Waals surface area contributed by atoms with Gasteiger partial charge in [-0.15, -0.1) is 0 Å². The standard InChI is InChI=1S/C13H12ClIN2O2S/c1-8-11(16)6-9(14)7-13(8)20(18,19)17-12-5-3-2-4-10(12)15/h2-7,17H,16H2,1H3. The number of hydrogen-bond acceptors (Lipinski definition) is 3. The van der Waals surface area contributed by atoms with Gasteiger partial charge in [0.2, 0.25) is 0 Å². The maximum atomic E-state index is 12.5. The second-order valence-electron chi connectivity index (χ2n) is 4.20. The van der Waals surface area contributed by atoms with Crippen LogP contribution >= 0.6 is 34.2 Å². The van der Waals surface area contributed by atoms with E-state index < -0.39 is 10.0 Å². The Bertz CT molecular complexity index is 763. The van der Waals surface area contributed by atoms with Crippen LogP contribution in [0.5, 0.6) is 0 Å². The van der Waals surface area contributed by atoms with E-state index >= 15 is 0 Å². The van der Waals surface area contributed by atoms with Gasteiger partial charge in [-0.1, -0.05) is 23.7 Å². The van der Waals surface area contributed by atoms with Crippen LogP contribution in [0.15, 0.2) is 41.3 Å². The molecule has 106 valence electrons. The van der Waals surface area contributed by atoms with E-state index in [1.165, 1.54) is 12.1 Å². The van der Waals surface area contributed by atoms with Gasteiger partial charge < -0.3 is 5.73 Å². The van der Waals surface area contributed by atoms with E-state index in [0.29, 0.717) is 16.9 Å². The molecule has 0 aromatic heterocycles. The number of para-hydroxylation sites is 1. The van der Waals surface area contributed by atoms with Crippen molar-refractivity contribution in [2.24, 2.45) is 0 Å². The first-order chi connectivity index (χ1) is 9.31. The van der Waals surface area contributed by atoms with Gasteiger partial charge in [0.25, 0.3) is 10.0 Å². The highest BCUT2D eigenvalue weighted by Gasteiger charge is 2.20. The lowest BCUT2D eigenvalue weighted by Gasteiger charge is -2.13. The van der Waals surface area contributed by atoms with Gasteiger partial charge in [0.1, 0.15) is 0 Å². The SMILES string of the molecule is Cc1c(N)cc(Cl)cc1S(=O)(=O)Nc1ccccc1I. The van der Waals surface area contributed by atoms with Crippen LogP contribution in [-0.2, 0) is 10.0 Å². The van der Waals surface area contributed by atoms with Gasteiger partial charge in [0, 0.05) is 14.3 Å². The van der Waals surface area contributed by atoms with Crippen molar-refractivity contribution >= 4 is 55.6 Å². The van der Waals surface area contributed by atoms with Crippen molar-refractivity contribution in [3.63, 3.8) is 0 Å². The van der Waals surface area contributed by atoms with Crippen LogP contribution < -0.4 is 10.5 Å². The molecular formula is C13H12ClIN2O2S. The van der Waals surface area contributed by atoms with Crippen LogP contribution in [0.4, 0.5) is 11.4 Å². The van der Waals surface area contributed by atoms with Crippen LogP contribution in [0.2, 0.25) is 5.02 Å². The molecule has 0 unspecified atom stereocenters. The van der Waals surface area contributed by atoms with Crippen molar-refractivity contribution < 1.29 is 8.42 Å². The predicted molar refractivity (Wildman–Crippen MR) is 90.6 cm³/mol. The van der Waals surface area contributed by atoms with Gasteiger partial charge >= 0.3 is 0 Å². The van der Waals surface area contributed by atoms with Crippen molar-refractivity contribution in [1.82, 2.24) is 0 Å². The number of anilines is 2. The van der Waals surface area contributed by atoms with Crippen molar-refractivity contribution in [3.8, 4) is 0 Å². The molecule has 0 aliphatic carbocycles. The Morgan fingerprint density at radius 3 is 2.55 bits per heavy atom. The first kappa shape index (κ1) is 15.4. The number of halogens is 2. The smallest absolute Gasteiger partial charge is 0.262 e. The molecule has 0 heterocycles. The third kappa shape index (κ3) is 3.18. The molecule has 4 nitrogen and oxygen atoms in total. The van der Waals surface area contributed by atoms with Gasteiger partial charge in [-0.25, -0.2) is 8.42 Å². The Morgan fingerprint density at radius 1 is 1.25 bits per heavy atom. The van der Waals surface area contributed by atoms with Gasteiger partial charge in [-0.05, 0) is 59.3 Å². The molecule has 0 radical (unpaired) electrons. The maximum Gasteiger partial charge on any atom is 0.262 e. The highest BCUT2D eigenvalue weighted by Crippen LogP contribution is 2.28. The molecule has 0 saturated heterocycles. The average Bonchev–Trinajstić information content (AvgIpc) is 2.36. The Balaban J connectivity index is 2.49. The number of sulfonamides is 1. The lowest BCUT2D eigenvalue weighted by atomic mass is 10.2. The monoisotopic (exact) mass is 422 g/mol.